The van der Waals surface area contributed by atoms with Crippen molar-refractivity contribution in [3.05, 3.63) is 40.6 Å². The van der Waals surface area contributed by atoms with Gasteiger partial charge < -0.3 is 4.57 Å². The average molecular weight is 192 g/mol. The van der Waals surface area contributed by atoms with Crippen molar-refractivity contribution < 1.29 is 4.79 Å². The predicted molar refractivity (Wildman–Crippen MR) is 51.0 cm³/mol. The molecule has 2 aromatic heterocycles. The van der Waals surface area contributed by atoms with Gasteiger partial charge in [-0.25, -0.2) is 4.98 Å². The van der Waals surface area contributed by atoms with E-state index in [1.54, 1.807) is 17.1 Å². The van der Waals surface area contributed by atoms with E-state index in [0.29, 0.717) is 5.69 Å². The molecule has 0 aliphatic rings. The van der Waals surface area contributed by atoms with E-state index < -0.39 is 0 Å². The van der Waals surface area contributed by atoms with Crippen molar-refractivity contribution in [3.63, 3.8) is 0 Å². The molecule has 13 heavy (non-hydrogen) atoms. The first-order valence-electron chi connectivity index (χ1n) is 3.83. The molecular formula is C9H8N2OS. The Morgan fingerprint density at radius 1 is 1.62 bits per heavy atom. The molecular weight excluding hydrogens is 184 g/mol. The summed E-state index contributed by atoms with van der Waals surface area (Å²) in [5.74, 6) is -0.00407. The first-order chi connectivity index (χ1) is 6.27. The highest BCUT2D eigenvalue weighted by Gasteiger charge is 2.11. The number of imidazole rings is 1. The fourth-order valence-electron chi connectivity index (χ4n) is 1.06. The van der Waals surface area contributed by atoms with Crippen molar-refractivity contribution in [2.75, 3.05) is 0 Å². The maximum Gasteiger partial charge on any atom is 0.222 e. The molecule has 3 nitrogen and oxygen atoms in total. The number of aromatic nitrogens is 2. The quantitative estimate of drug-likeness (QED) is 0.679. The molecule has 0 N–H and O–H groups in total. The van der Waals surface area contributed by atoms with Crippen LogP contribution in [0.1, 0.15) is 15.4 Å². The van der Waals surface area contributed by atoms with Crippen molar-refractivity contribution in [1.82, 2.24) is 9.55 Å². The fourth-order valence-corrected chi connectivity index (χ4v) is 1.74. The molecule has 2 rings (SSSR count). The lowest BCUT2D eigenvalue weighted by Gasteiger charge is -1.89. The smallest absolute Gasteiger partial charge is 0.222 e. The van der Waals surface area contributed by atoms with Gasteiger partial charge in [0.05, 0.1) is 11.2 Å². The summed E-state index contributed by atoms with van der Waals surface area (Å²) in [4.78, 5) is 16.4. The molecule has 0 unspecified atom stereocenters. The summed E-state index contributed by atoms with van der Waals surface area (Å²) in [6.45, 7) is 0. The minimum Gasteiger partial charge on any atom is -0.340 e. The third-order valence-corrected chi connectivity index (χ3v) is 2.55. The zero-order chi connectivity index (χ0) is 9.26. The van der Waals surface area contributed by atoms with Gasteiger partial charge in [0.15, 0.2) is 0 Å². The normalized spacial score (nSPS) is 10.2. The zero-order valence-electron chi connectivity index (χ0n) is 7.10. The van der Waals surface area contributed by atoms with Crippen LogP contribution < -0.4 is 0 Å². The molecule has 0 saturated heterocycles. The van der Waals surface area contributed by atoms with Gasteiger partial charge in [0.1, 0.15) is 5.69 Å². The third kappa shape index (κ3) is 1.53. The molecule has 0 atom stereocenters. The Balaban J connectivity index is 2.33. The van der Waals surface area contributed by atoms with Crippen LogP contribution in [0, 0.1) is 0 Å². The summed E-state index contributed by atoms with van der Waals surface area (Å²) >= 11 is 1.44. The topological polar surface area (TPSA) is 34.9 Å². The summed E-state index contributed by atoms with van der Waals surface area (Å²) in [5.41, 5.74) is 0.505. The molecule has 0 amide bonds. The minimum atomic E-state index is -0.00407. The Kier molecular flexibility index (Phi) is 1.98. The molecule has 0 aliphatic heterocycles. The standard InChI is InChI=1S/C9H8N2OS/c1-11-5-7(10-6-11)9(12)8-3-2-4-13-8/h2-6H,1H3. The lowest BCUT2D eigenvalue weighted by molar-refractivity contribution is 0.103. The number of hydrogen-bond acceptors (Lipinski definition) is 3. The number of aryl methyl sites for hydroxylation is 1. The first kappa shape index (κ1) is 8.19. The Morgan fingerprint density at radius 3 is 3.00 bits per heavy atom. The molecule has 0 bridgehead atoms. The molecule has 4 heteroatoms. The van der Waals surface area contributed by atoms with E-state index in [1.165, 1.54) is 11.3 Å². The van der Waals surface area contributed by atoms with Crippen molar-refractivity contribution >= 4 is 17.1 Å². The average Bonchev–Trinajstić information content (AvgIpc) is 2.72. The van der Waals surface area contributed by atoms with Crippen LogP contribution in [0.3, 0.4) is 0 Å². The summed E-state index contributed by atoms with van der Waals surface area (Å²) < 4.78 is 1.76. The van der Waals surface area contributed by atoms with E-state index in [-0.39, 0.29) is 5.78 Å². The van der Waals surface area contributed by atoms with Crippen LogP contribution in [0.15, 0.2) is 30.0 Å². The SMILES string of the molecule is Cn1cnc(C(=O)c2cccs2)c1. The lowest BCUT2D eigenvalue weighted by Crippen LogP contribution is -1.98. The molecule has 66 valence electrons. The number of hydrogen-bond donors (Lipinski definition) is 0. The van der Waals surface area contributed by atoms with Crippen molar-refractivity contribution in [2.45, 2.75) is 0 Å². The molecule has 0 saturated carbocycles. The Morgan fingerprint density at radius 2 is 2.46 bits per heavy atom. The Hall–Kier alpha value is -1.42. The van der Waals surface area contributed by atoms with E-state index in [1.807, 2.05) is 24.6 Å². The van der Waals surface area contributed by atoms with Crippen LogP contribution >= 0.6 is 11.3 Å². The second-order valence-electron chi connectivity index (χ2n) is 2.73. The van der Waals surface area contributed by atoms with Gasteiger partial charge in [-0.2, -0.15) is 0 Å². The Labute approximate surface area is 79.7 Å². The van der Waals surface area contributed by atoms with Gasteiger partial charge in [-0.1, -0.05) is 6.07 Å². The first-order valence-corrected chi connectivity index (χ1v) is 4.71. The second kappa shape index (κ2) is 3.14. The maximum absolute atomic E-state index is 11.7. The van der Waals surface area contributed by atoms with Crippen LogP contribution in [0.5, 0.6) is 0 Å². The van der Waals surface area contributed by atoms with Gasteiger partial charge in [0.2, 0.25) is 5.78 Å². The van der Waals surface area contributed by atoms with Crippen molar-refractivity contribution in [3.8, 4) is 0 Å². The molecule has 0 aromatic carbocycles. The highest BCUT2D eigenvalue weighted by Crippen LogP contribution is 2.13. The molecule has 0 radical (unpaired) electrons. The molecule has 2 aromatic rings. The number of carbonyl (C=O) groups excluding carboxylic acids is 1. The largest absolute Gasteiger partial charge is 0.340 e. The monoisotopic (exact) mass is 192 g/mol. The number of ketones is 1. The number of carbonyl (C=O) groups is 1. The highest BCUT2D eigenvalue weighted by molar-refractivity contribution is 7.12. The highest BCUT2D eigenvalue weighted by atomic mass is 32.1. The van der Waals surface area contributed by atoms with Gasteiger partial charge in [-0.05, 0) is 11.4 Å². The summed E-state index contributed by atoms with van der Waals surface area (Å²) in [7, 11) is 1.85. The van der Waals surface area contributed by atoms with Gasteiger partial charge >= 0.3 is 0 Å². The maximum atomic E-state index is 11.7. The van der Waals surface area contributed by atoms with E-state index >= 15 is 0 Å². The van der Waals surface area contributed by atoms with Gasteiger partial charge in [-0.3, -0.25) is 4.79 Å². The Bertz CT molecular complexity index is 417. The summed E-state index contributed by atoms with van der Waals surface area (Å²) in [6, 6.07) is 3.67. The van der Waals surface area contributed by atoms with Gasteiger partial charge in [0, 0.05) is 13.2 Å². The van der Waals surface area contributed by atoms with Crippen LogP contribution in [-0.2, 0) is 7.05 Å². The van der Waals surface area contributed by atoms with Crippen molar-refractivity contribution in [2.24, 2.45) is 7.05 Å². The van der Waals surface area contributed by atoms with Crippen LogP contribution in [-0.4, -0.2) is 15.3 Å². The van der Waals surface area contributed by atoms with E-state index in [0.717, 1.165) is 4.88 Å². The number of thiophene rings is 1. The molecule has 0 spiro atoms. The van der Waals surface area contributed by atoms with Crippen molar-refractivity contribution in [1.29, 1.82) is 0 Å². The van der Waals surface area contributed by atoms with E-state index in [2.05, 4.69) is 4.98 Å². The summed E-state index contributed by atoms with van der Waals surface area (Å²) in [5, 5.41) is 1.89. The third-order valence-electron chi connectivity index (χ3n) is 1.68. The second-order valence-corrected chi connectivity index (χ2v) is 3.68. The van der Waals surface area contributed by atoms with Gasteiger partial charge in [0.25, 0.3) is 0 Å². The van der Waals surface area contributed by atoms with Crippen LogP contribution in [0.4, 0.5) is 0 Å². The zero-order valence-corrected chi connectivity index (χ0v) is 7.91. The summed E-state index contributed by atoms with van der Waals surface area (Å²) in [6.07, 6.45) is 3.35. The van der Waals surface area contributed by atoms with Gasteiger partial charge in [-0.15, -0.1) is 11.3 Å². The van der Waals surface area contributed by atoms with Crippen LogP contribution in [0.2, 0.25) is 0 Å². The van der Waals surface area contributed by atoms with E-state index in [4.69, 9.17) is 0 Å². The number of nitrogens with zero attached hydrogens (tertiary/aromatic N) is 2. The molecule has 0 aliphatic carbocycles. The van der Waals surface area contributed by atoms with E-state index in [9.17, 15) is 4.79 Å². The molecule has 0 fully saturated rings. The predicted octanol–water partition coefficient (Wildman–Crippen LogP) is 1.71. The fraction of sp³-hybridized carbons (Fsp3) is 0.111. The minimum absolute atomic E-state index is 0.00407. The lowest BCUT2D eigenvalue weighted by atomic mass is 10.2. The number of rotatable bonds is 2. The van der Waals surface area contributed by atoms with Crippen LogP contribution in [0.25, 0.3) is 0 Å². The molecule has 2 heterocycles.